The molecule has 0 atom stereocenters. The SMILES string of the molecule is Cc1cc([N+](=O)[O-])ccc1-c1nc(CNC(C)C)co1. The maximum atomic E-state index is 10.7. The van der Waals surface area contributed by atoms with Crippen molar-refractivity contribution in [1.29, 1.82) is 0 Å². The van der Waals surface area contributed by atoms with Gasteiger partial charge in [0, 0.05) is 30.3 Å². The van der Waals surface area contributed by atoms with Gasteiger partial charge in [0.1, 0.15) is 6.26 Å². The van der Waals surface area contributed by atoms with E-state index in [2.05, 4.69) is 24.1 Å². The minimum Gasteiger partial charge on any atom is -0.444 e. The fourth-order valence-electron chi connectivity index (χ4n) is 1.82. The van der Waals surface area contributed by atoms with Crippen LogP contribution in [-0.4, -0.2) is 15.9 Å². The van der Waals surface area contributed by atoms with E-state index in [4.69, 9.17) is 4.42 Å². The van der Waals surface area contributed by atoms with Crippen molar-refractivity contribution in [3.63, 3.8) is 0 Å². The second-order valence-corrected chi connectivity index (χ2v) is 4.94. The summed E-state index contributed by atoms with van der Waals surface area (Å²) < 4.78 is 5.44. The van der Waals surface area contributed by atoms with E-state index in [1.165, 1.54) is 12.1 Å². The van der Waals surface area contributed by atoms with Crippen LogP contribution in [0.4, 0.5) is 5.69 Å². The number of hydrogen-bond donors (Lipinski definition) is 1. The number of aryl methyl sites for hydroxylation is 1. The van der Waals surface area contributed by atoms with Crippen molar-refractivity contribution < 1.29 is 9.34 Å². The molecular weight excluding hydrogens is 258 g/mol. The molecule has 1 N–H and O–H groups in total. The third kappa shape index (κ3) is 3.21. The van der Waals surface area contributed by atoms with Gasteiger partial charge in [-0.25, -0.2) is 4.98 Å². The lowest BCUT2D eigenvalue weighted by molar-refractivity contribution is -0.384. The van der Waals surface area contributed by atoms with E-state index < -0.39 is 4.92 Å². The van der Waals surface area contributed by atoms with Crippen LogP contribution in [0.5, 0.6) is 0 Å². The predicted octanol–water partition coefficient (Wildman–Crippen LogP) is 3.06. The molecular formula is C14H17N3O3. The van der Waals surface area contributed by atoms with Gasteiger partial charge in [-0.2, -0.15) is 0 Å². The largest absolute Gasteiger partial charge is 0.444 e. The molecule has 1 heterocycles. The third-order valence-electron chi connectivity index (χ3n) is 2.89. The first-order chi connectivity index (χ1) is 9.47. The van der Waals surface area contributed by atoms with E-state index in [9.17, 15) is 10.1 Å². The summed E-state index contributed by atoms with van der Waals surface area (Å²) in [5.74, 6) is 0.484. The Morgan fingerprint density at radius 1 is 1.45 bits per heavy atom. The van der Waals surface area contributed by atoms with Crippen LogP contribution in [0.1, 0.15) is 25.1 Å². The summed E-state index contributed by atoms with van der Waals surface area (Å²) >= 11 is 0. The Kier molecular flexibility index (Phi) is 4.14. The maximum Gasteiger partial charge on any atom is 0.269 e. The first kappa shape index (κ1) is 14.2. The molecule has 2 aromatic rings. The van der Waals surface area contributed by atoms with Crippen molar-refractivity contribution >= 4 is 5.69 Å². The first-order valence-corrected chi connectivity index (χ1v) is 6.40. The van der Waals surface area contributed by atoms with Gasteiger partial charge in [0.25, 0.3) is 5.69 Å². The summed E-state index contributed by atoms with van der Waals surface area (Å²) in [4.78, 5) is 14.7. The van der Waals surface area contributed by atoms with Crippen molar-refractivity contribution in [2.24, 2.45) is 0 Å². The maximum absolute atomic E-state index is 10.7. The Balaban J connectivity index is 2.21. The van der Waals surface area contributed by atoms with Crippen LogP contribution >= 0.6 is 0 Å². The smallest absolute Gasteiger partial charge is 0.269 e. The van der Waals surface area contributed by atoms with Gasteiger partial charge in [-0.3, -0.25) is 10.1 Å². The Bertz CT molecular complexity index is 620. The third-order valence-corrected chi connectivity index (χ3v) is 2.89. The Morgan fingerprint density at radius 3 is 2.80 bits per heavy atom. The van der Waals surface area contributed by atoms with Crippen molar-refractivity contribution in [2.75, 3.05) is 0 Å². The Morgan fingerprint density at radius 2 is 2.20 bits per heavy atom. The van der Waals surface area contributed by atoms with Gasteiger partial charge in [-0.1, -0.05) is 13.8 Å². The summed E-state index contributed by atoms with van der Waals surface area (Å²) in [5.41, 5.74) is 2.42. The van der Waals surface area contributed by atoms with E-state index in [0.717, 1.165) is 16.8 Å². The summed E-state index contributed by atoms with van der Waals surface area (Å²) in [6, 6.07) is 5.01. The minimum absolute atomic E-state index is 0.0690. The Hall–Kier alpha value is -2.21. The van der Waals surface area contributed by atoms with Gasteiger partial charge in [0.05, 0.1) is 10.6 Å². The average Bonchev–Trinajstić information content (AvgIpc) is 2.84. The summed E-state index contributed by atoms with van der Waals surface area (Å²) in [5, 5.41) is 14.0. The van der Waals surface area contributed by atoms with Gasteiger partial charge >= 0.3 is 0 Å². The molecule has 0 unspecified atom stereocenters. The highest BCUT2D eigenvalue weighted by atomic mass is 16.6. The quantitative estimate of drug-likeness (QED) is 0.670. The van der Waals surface area contributed by atoms with E-state index in [-0.39, 0.29) is 5.69 Å². The number of aromatic nitrogens is 1. The fourth-order valence-corrected chi connectivity index (χ4v) is 1.82. The number of hydrogen-bond acceptors (Lipinski definition) is 5. The molecule has 0 bridgehead atoms. The lowest BCUT2D eigenvalue weighted by Gasteiger charge is -2.04. The second kappa shape index (κ2) is 5.83. The summed E-state index contributed by atoms with van der Waals surface area (Å²) in [6.45, 7) is 6.55. The predicted molar refractivity (Wildman–Crippen MR) is 75.3 cm³/mol. The highest BCUT2D eigenvalue weighted by molar-refractivity contribution is 5.61. The second-order valence-electron chi connectivity index (χ2n) is 4.94. The lowest BCUT2D eigenvalue weighted by atomic mass is 10.1. The van der Waals surface area contributed by atoms with Crippen LogP contribution < -0.4 is 5.32 Å². The number of nitrogens with zero attached hydrogens (tertiary/aromatic N) is 2. The van der Waals surface area contributed by atoms with Gasteiger partial charge in [-0.15, -0.1) is 0 Å². The molecule has 0 fully saturated rings. The molecule has 1 aromatic heterocycles. The van der Waals surface area contributed by atoms with E-state index >= 15 is 0 Å². The molecule has 0 spiro atoms. The number of nitrogens with one attached hydrogen (secondary N) is 1. The van der Waals surface area contributed by atoms with Crippen LogP contribution in [0.3, 0.4) is 0 Å². The number of nitro benzene ring substituents is 1. The molecule has 2 rings (SSSR count). The zero-order valence-electron chi connectivity index (χ0n) is 11.7. The van der Waals surface area contributed by atoms with Crippen LogP contribution in [0.15, 0.2) is 28.9 Å². The normalized spacial score (nSPS) is 11.0. The number of oxazole rings is 1. The monoisotopic (exact) mass is 275 g/mol. The van der Waals surface area contributed by atoms with Gasteiger partial charge in [-0.05, 0) is 18.6 Å². The molecule has 0 radical (unpaired) electrons. The van der Waals surface area contributed by atoms with Gasteiger partial charge < -0.3 is 9.73 Å². The zero-order valence-corrected chi connectivity index (χ0v) is 11.7. The molecule has 6 heteroatoms. The van der Waals surface area contributed by atoms with Crippen molar-refractivity contribution in [2.45, 2.75) is 33.4 Å². The first-order valence-electron chi connectivity index (χ1n) is 6.40. The van der Waals surface area contributed by atoms with Crippen molar-refractivity contribution in [3.8, 4) is 11.5 Å². The van der Waals surface area contributed by atoms with Gasteiger partial charge in [0.2, 0.25) is 5.89 Å². The highest BCUT2D eigenvalue weighted by Gasteiger charge is 2.13. The number of non-ortho nitro benzene ring substituents is 1. The number of benzene rings is 1. The van der Waals surface area contributed by atoms with E-state index in [1.54, 1.807) is 19.3 Å². The molecule has 106 valence electrons. The van der Waals surface area contributed by atoms with Crippen LogP contribution in [-0.2, 0) is 6.54 Å². The van der Waals surface area contributed by atoms with Crippen LogP contribution in [0.25, 0.3) is 11.5 Å². The molecule has 0 saturated heterocycles. The molecule has 0 aliphatic heterocycles. The Labute approximate surface area is 117 Å². The molecule has 0 aliphatic rings. The minimum atomic E-state index is -0.412. The average molecular weight is 275 g/mol. The topological polar surface area (TPSA) is 81.2 Å². The number of nitro groups is 1. The van der Waals surface area contributed by atoms with Crippen molar-refractivity contribution in [1.82, 2.24) is 10.3 Å². The standard InChI is InChI=1S/C14H17N3O3/c1-9(2)15-7-11-8-20-14(16-11)13-5-4-12(17(18)19)6-10(13)3/h4-6,8-9,15H,7H2,1-3H3. The summed E-state index contributed by atoms with van der Waals surface area (Å²) in [6.07, 6.45) is 1.60. The molecule has 6 nitrogen and oxygen atoms in total. The van der Waals surface area contributed by atoms with E-state index in [1.807, 2.05) is 0 Å². The lowest BCUT2D eigenvalue weighted by Crippen LogP contribution is -2.21. The van der Waals surface area contributed by atoms with E-state index in [0.29, 0.717) is 18.5 Å². The zero-order chi connectivity index (χ0) is 14.7. The fraction of sp³-hybridized carbons (Fsp3) is 0.357. The molecule has 20 heavy (non-hydrogen) atoms. The number of rotatable bonds is 5. The van der Waals surface area contributed by atoms with Crippen LogP contribution in [0, 0.1) is 17.0 Å². The van der Waals surface area contributed by atoms with Crippen molar-refractivity contribution in [3.05, 3.63) is 45.8 Å². The molecule has 0 saturated carbocycles. The highest BCUT2D eigenvalue weighted by Crippen LogP contribution is 2.26. The molecule has 1 aromatic carbocycles. The molecule has 0 amide bonds. The molecule has 0 aliphatic carbocycles. The van der Waals surface area contributed by atoms with Gasteiger partial charge in [0.15, 0.2) is 0 Å². The summed E-state index contributed by atoms with van der Waals surface area (Å²) in [7, 11) is 0. The van der Waals surface area contributed by atoms with Crippen LogP contribution in [0.2, 0.25) is 0 Å².